The Labute approximate surface area is 166 Å². The first-order valence-corrected chi connectivity index (χ1v) is 10.4. The van der Waals surface area contributed by atoms with Crippen LogP contribution in [-0.2, 0) is 27.4 Å². The van der Waals surface area contributed by atoms with Gasteiger partial charge < -0.3 is 5.32 Å². The van der Waals surface area contributed by atoms with Gasteiger partial charge in [0.05, 0.1) is 22.5 Å². The van der Waals surface area contributed by atoms with E-state index >= 15 is 0 Å². The average molecular weight is 435 g/mol. The van der Waals surface area contributed by atoms with Gasteiger partial charge in [0.25, 0.3) is 0 Å². The number of sulfonamides is 1. The van der Waals surface area contributed by atoms with Crippen LogP contribution < -0.4 is 9.62 Å². The minimum absolute atomic E-state index is 0.140. The summed E-state index contributed by atoms with van der Waals surface area (Å²) in [4.78, 5) is 12.4. The molecule has 28 heavy (non-hydrogen) atoms. The topological polar surface area (TPSA) is 66.5 Å². The zero-order valence-electron chi connectivity index (χ0n) is 15.0. The number of anilines is 2. The van der Waals surface area contributed by atoms with Crippen LogP contribution in [-0.4, -0.2) is 27.1 Å². The molecule has 0 unspecified atom stereocenters. The van der Waals surface area contributed by atoms with Gasteiger partial charge >= 0.3 is 6.18 Å². The van der Waals surface area contributed by atoms with Gasteiger partial charge in [-0.15, -0.1) is 0 Å². The van der Waals surface area contributed by atoms with Gasteiger partial charge in [-0.25, -0.2) is 8.42 Å². The third-order valence-electron chi connectivity index (χ3n) is 3.88. The minimum Gasteiger partial charge on any atom is -0.324 e. The van der Waals surface area contributed by atoms with Gasteiger partial charge in [0.15, 0.2) is 0 Å². The summed E-state index contributed by atoms with van der Waals surface area (Å²) in [5, 5.41) is 1.79. The Morgan fingerprint density at radius 3 is 2.39 bits per heavy atom. The minimum atomic E-state index is -4.68. The Morgan fingerprint density at radius 1 is 1.18 bits per heavy atom. The second-order valence-electron chi connectivity index (χ2n) is 5.99. The Morgan fingerprint density at radius 2 is 1.82 bits per heavy atom. The molecule has 5 nitrogen and oxygen atoms in total. The SMILES string of the molecule is CCc1ccccc1N(CC(=O)Nc1ccc(Cl)c(C(F)(F)F)c1)S(C)(=O)=O. The van der Waals surface area contributed by atoms with Crippen molar-refractivity contribution >= 4 is 38.9 Å². The standard InChI is InChI=1S/C18H18ClF3N2O3S/c1-3-12-6-4-5-7-16(12)24(28(2,26)27)11-17(25)23-13-8-9-15(19)14(10-13)18(20,21)22/h4-10H,3,11H2,1-2H3,(H,23,25). The summed E-state index contributed by atoms with van der Waals surface area (Å²) in [6.45, 7) is 1.26. The van der Waals surface area contributed by atoms with Gasteiger partial charge in [-0.3, -0.25) is 9.10 Å². The average Bonchev–Trinajstić information content (AvgIpc) is 2.59. The predicted molar refractivity (Wildman–Crippen MR) is 103 cm³/mol. The fourth-order valence-electron chi connectivity index (χ4n) is 2.59. The molecule has 0 spiro atoms. The summed E-state index contributed by atoms with van der Waals surface area (Å²) in [5.74, 6) is -0.785. The number of alkyl halides is 3. The molecule has 0 aliphatic carbocycles. The van der Waals surface area contributed by atoms with E-state index in [4.69, 9.17) is 11.6 Å². The molecule has 1 N–H and O–H groups in total. The molecular weight excluding hydrogens is 417 g/mol. The summed E-state index contributed by atoms with van der Waals surface area (Å²) in [5.41, 5.74) is -0.177. The molecule has 152 valence electrons. The predicted octanol–water partition coefficient (Wildman–Crippen LogP) is 4.33. The van der Waals surface area contributed by atoms with Crippen LogP contribution in [0.3, 0.4) is 0 Å². The zero-order valence-corrected chi connectivity index (χ0v) is 16.6. The third-order valence-corrected chi connectivity index (χ3v) is 5.34. The number of hydrogen-bond acceptors (Lipinski definition) is 3. The van der Waals surface area contributed by atoms with E-state index in [0.29, 0.717) is 23.7 Å². The van der Waals surface area contributed by atoms with Gasteiger partial charge in [0.2, 0.25) is 15.9 Å². The maximum atomic E-state index is 13.0. The van der Waals surface area contributed by atoms with Gasteiger partial charge in [-0.05, 0) is 36.2 Å². The Hall–Kier alpha value is -2.26. The molecule has 0 saturated heterocycles. The summed E-state index contributed by atoms with van der Waals surface area (Å²) in [6.07, 6.45) is -3.19. The lowest BCUT2D eigenvalue weighted by Crippen LogP contribution is -2.38. The fourth-order valence-corrected chi connectivity index (χ4v) is 3.70. The van der Waals surface area contributed by atoms with Crippen LogP contribution in [0.5, 0.6) is 0 Å². The number of hydrogen-bond donors (Lipinski definition) is 1. The lowest BCUT2D eigenvalue weighted by molar-refractivity contribution is -0.137. The number of halogens is 4. The van der Waals surface area contributed by atoms with Crippen molar-refractivity contribution in [1.29, 1.82) is 0 Å². The first-order chi connectivity index (χ1) is 12.9. The van der Waals surface area contributed by atoms with E-state index in [0.717, 1.165) is 16.6 Å². The van der Waals surface area contributed by atoms with Crippen LogP contribution in [0.25, 0.3) is 0 Å². The molecule has 1 amide bonds. The first kappa shape index (κ1) is 22.0. The summed E-state index contributed by atoms with van der Waals surface area (Å²) in [6, 6.07) is 9.61. The van der Waals surface area contributed by atoms with Crippen molar-refractivity contribution in [2.45, 2.75) is 19.5 Å². The number of carbonyl (C=O) groups is 1. The maximum absolute atomic E-state index is 13.0. The van der Waals surface area contributed by atoms with E-state index < -0.39 is 39.2 Å². The Kier molecular flexibility index (Phi) is 6.61. The number of aryl methyl sites for hydroxylation is 1. The van der Waals surface area contributed by atoms with E-state index in [-0.39, 0.29) is 5.69 Å². The molecule has 2 rings (SSSR count). The van der Waals surface area contributed by atoms with Crippen molar-refractivity contribution in [3.05, 3.63) is 58.6 Å². The highest BCUT2D eigenvalue weighted by Crippen LogP contribution is 2.36. The highest BCUT2D eigenvalue weighted by molar-refractivity contribution is 7.92. The number of carbonyl (C=O) groups excluding carboxylic acids is 1. The van der Waals surface area contributed by atoms with Crippen molar-refractivity contribution in [2.24, 2.45) is 0 Å². The highest BCUT2D eigenvalue weighted by atomic mass is 35.5. The number of amides is 1. The monoisotopic (exact) mass is 434 g/mol. The van der Waals surface area contributed by atoms with Crippen molar-refractivity contribution in [3.63, 3.8) is 0 Å². The molecule has 0 radical (unpaired) electrons. The summed E-state index contributed by atoms with van der Waals surface area (Å²) < 4.78 is 64.2. The normalized spacial score (nSPS) is 11.9. The number of benzene rings is 2. The largest absolute Gasteiger partial charge is 0.417 e. The molecule has 2 aromatic carbocycles. The maximum Gasteiger partial charge on any atom is 0.417 e. The Bertz CT molecular complexity index is 978. The molecule has 0 bridgehead atoms. The fraction of sp³-hybridized carbons (Fsp3) is 0.278. The van der Waals surface area contributed by atoms with Crippen LogP contribution in [0.2, 0.25) is 5.02 Å². The van der Waals surface area contributed by atoms with E-state index in [1.54, 1.807) is 24.3 Å². The molecule has 0 aliphatic rings. The van der Waals surface area contributed by atoms with Crippen molar-refractivity contribution in [1.82, 2.24) is 0 Å². The Balaban J connectivity index is 2.29. The van der Waals surface area contributed by atoms with Crippen molar-refractivity contribution < 1.29 is 26.4 Å². The summed E-state index contributed by atoms with van der Waals surface area (Å²) >= 11 is 5.55. The van der Waals surface area contributed by atoms with Crippen LogP contribution in [0.1, 0.15) is 18.1 Å². The molecule has 2 aromatic rings. The molecule has 0 fully saturated rings. The van der Waals surface area contributed by atoms with Crippen molar-refractivity contribution in [3.8, 4) is 0 Å². The lowest BCUT2D eigenvalue weighted by Gasteiger charge is -2.24. The van der Waals surface area contributed by atoms with Gasteiger partial charge in [-0.2, -0.15) is 13.2 Å². The van der Waals surface area contributed by atoms with E-state index in [9.17, 15) is 26.4 Å². The lowest BCUT2D eigenvalue weighted by atomic mass is 10.1. The molecule has 0 saturated carbocycles. The van der Waals surface area contributed by atoms with Crippen LogP contribution in [0.4, 0.5) is 24.5 Å². The van der Waals surface area contributed by atoms with Gasteiger partial charge in [-0.1, -0.05) is 36.7 Å². The van der Waals surface area contributed by atoms with Gasteiger partial charge in [0.1, 0.15) is 6.54 Å². The van der Waals surface area contributed by atoms with Crippen LogP contribution >= 0.6 is 11.6 Å². The number of nitrogens with one attached hydrogen (secondary N) is 1. The smallest absolute Gasteiger partial charge is 0.324 e. The number of nitrogens with zero attached hydrogens (tertiary/aromatic N) is 1. The number of rotatable bonds is 6. The zero-order chi connectivity index (χ0) is 21.1. The third kappa shape index (κ3) is 5.39. The number of para-hydroxylation sites is 1. The highest BCUT2D eigenvalue weighted by Gasteiger charge is 2.33. The van der Waals surface area contributed by atoms with Crippen molar-refractivity contribution in [2.75, 3.05) is 22.4 Å². The summed E-state index contributed by atoms with van der Waals surface area (Å²) in [7, 11) is -3.80. The molecule has 10 heteroatoms. The van der Waals surface area contributed by atoms with Gasteiger partial charge in [0, 0.05) is 5.69 Å². The van der Waals surface area contributed by atoms with E-state index in [1.165, 1.54) is 6.07 Å². The molecule has 0 heterocycles. The molecular formula is C18H18ClF3N2O3S. The molecule has 0 aromatic heterocycles. The van der Waals surface area contributed by atoms with Crippen LogP contribution in [0.15, 0.2) is 42.5 Å². The second-order valence-corrected chi connectivity index (χ2v) is 8.31. The van der Waals surface area contributed by atoms with Crippen LogP contribution in [0, 0.1) is 0 Å². The molecule has 0 aliphatic heterocycles. The van der Waals surface area contributed by atoms with E-state index in [1.807, 2.05) is 6.92 Å². The molecule has 0 atom stereocenters. The van der Waals surface area contributed by atoms with E-state index in [2.05, 4.69) is 5.32 Å². The second kappa shape index (κ2) is 8.40. The quantitative estimate of drug-likeness (QED) is 0.736. The first-order valence-electron chi connectivity index (χ1n) is 8.15.